The van der Waals surface area contributed by atoms with Crippen molar-refractivity contribution in [3.05, 3.63) is 149 Å². The van der Waals surface area contributed by atoms with Crippen LogP contribution in [0.15, 0.2) is 121 Å². The van der Waals surface area contributed by atoms with E-state index in [1.165, 1.54) is 5.56 Å². The number of rotatable bonds is 15. The van der Waals surface area contributed by atoms with Crippen molar-refractivity contribution in [1.82, 2.24) is 35.3 Å². The number of carbonyl (C=O) groups is 1. The topological polar surface area (TPSA) is 97.6 Å². The lowest BCUT2D eigenvalue weighted by atomic mass is 9.76. The van der Waals surface area contributed by atoms with E-state index in [1.807, 2.05) is 29.2 Å². The first-order valence-electron chi connectivity index (χ1n) is 19.7. The average Bonchev–Trinajstić information content (AvgIpc) is 3.75. The van der Waals surface area contributed by atoms with Gasteiger partial charge in [0.05, 0.1) is 22.8 Å². The molecule has 0 spiro atoms. The minimum Gasteiger partial charge on any atom is -0.403 e. The molecule has 286 valence electrons. The zero-order valence-corrected chi connectivity index (χ0v) is 32.7. The Balaban J connectivity index is 1.15. The van der Waals surface area contributed by atoms with Crippen LogP contribution in [-0.2, 0) is 32.7 Å². The second kappa shape index (κ2) is 17.0. The van der Waals surface area contributed by atoms with Crippen LogP contribution in [0.2, 0.25) is 6.32 Å². The maximum absolute atomic E-state index is 13.9. The van der Waals surface area contributed by atoms with Gasteiger partial charge in [0.25, 0.3) is 0 Å². The summed E-state index contributed by atoms with van der Waals surface area (Å²) in [6, 6.07) is 41.9. The summed E-state index contributed by atoms with van der Waals surface area (Å²) in [5.41, 5.74) is 3.08. The molecule has 0 bridgehead atoms. The van der Waals surface area contributed by atoms with E-state index < -0.39 is 5.54 Å². The molecule has 0 radical (unpaired) electrons. The van der Waals surface area contributed by atoms with Crippen LogP contribution in [0, 0.1) is 0 Å². The molecule has 1 N–H and O–H groups in total. The number of amides is 1. The number of tetrazole rings is 1. The molecule has 3 heterocycles. The summed E-state index contributed by atoms with van der Waals surface area (Å²) in [4.78, 5) is 18.3. The van der Waals surface area contributed by atoms with Crippen LogP contribution in [0.4, 0.5) is 0 Å². The van der Waals surface area contributed by atoms with E-state index in [1.54, 1.807) is 4.68 Å². The van der Waals surface area contributed by atoms with Gasteiger partial charge >= 0.3 is 7.12 Å². The van der Waals surface area contributed by atoms with Crippen LogP contribution < -0.4 is 5.32 Å². The van der Waals surface area contributed by atoms with E-state index in [0.29, 0.717) is 18.9 Å². The Morgan fingerprint density at radius 3 is 1.78 bits per heavy atom. The Hall–Kier alpha value is -4.68. The van der Waals surface area contributed by atoms with Gasteiger partial charge in [-0.1, -0.05) is 134 Å². The molecule has 1 aromatic heterocycles. The summed E-state index contributed by atoms with van der Waals surface area (Å²) in [6.07, 6.45) is 3.25. The average molecular weight is 740 g/mol. The Morgan fingerprint density at radius 2 is 1.25 bits per heavy atom. The first-order chi connectivity index (χ1) is 26.6. The second-order valence-electron chi connectivity index (χ2n) is 15.9. The van der Waals surface area contributed by atoms with Gasteiger partial charge in [0.15, 0.2) is 5.82 Å². The van der Waals surface area contributed by atoms with E-state index in [-0.39, 0.29) is 36.8 Å². The van der Waals surface area contributed by atoms with Crippen LogP contribution in [0.5, 0.6) is 0 Å². The van der Waals surface area contributed by atoms with Crippen molar-refractivity contribution >= 4 is 13.0 Å². The highest BCUT2D eigenvalue weighted by Gasteiger charge is 2.50. The van der Waals surface area contributed by atoms with E-state index in [0.717, 1.165) is 61.9 Å². The fourth-order valence-corrected chi connectivity index (χ4v) is 7.88. The van der Waals surface area contributed by atoms with Gasteiger partial charge in [-0.05, 0) is 73.1 Å². The number of nitrogens with zero attached hydrogens (tertiary/aromatic N) is 6. The number of benzene rings is 4. The second-order valence-corrected chi connectivity index (χ2v) is 15.9. The SMILES string of the molecule is CC1(C)OB(CCCCC(NC(c2ccccc2)(c2ccccc2)c2ccccc2)c2nnnn2CC(=O)N2CCN(Cc3ccccc3)CC2)OC1(C)C. The van der Waals surface area contributed by atoms with Gasteiger partial charge in [0.1, 0.15) is 6.54 Å². The standard InChI is InChI=1S/C44H54BN7O3/c1-42(2)43(3,4)55-45(54-42)28-18-17-27-39(46-44(36-21-11-6-12-22-36,37-23-13-7-14-24-37)38-25-15-8-16-26-38)41-47-48-49-52(41)34-40(53)51-31-29-50(30-32-51)33-35-19-9-5-10-20-35/h5-16,19-26,39,46H,17-18,27-34H2,1-4H3. The molecule has 0 saturated carbocycles. The molecule has 2 aliphatic heterocycles. The van der Waals surface area contributed by atoms with E-state index in [9.17, 15) is 4.79 Å². The molecule has 0 aliphatic carbocycles. The van der Waals surface area contributed by atoms with Crippen molar-refractivity contribution in [2.75, 3.05) is 26.2 Å². The molecule has 10 nitrogen and oxygen atoms in total. The fourth-order valence-electron chi connectivity index (χ4n) is 7.88. The molecule has 11 heteroatoms. The number of nitrogens with one attached hydrogen (secondary N) is 1. The molecular weight excluding hydrogens is 685 g/mol. The van der Waals surface area contributed by atoms with Crippen molar-refractivity contribution in [3.8, 4) is 0 Å². The number of hydrogen-bond acceptors (Lipinski definition) is 8. The first-order valence-corrected chi connectivity index (χ1v) is 19.7. The zero-order chi connectivity index (χ0) is 38.3. The number of aromatic nitrogens is 4. The molecule has 4 aromatic carbocycles. The largest absolute Gasteiger partial charge is 0.457 e. The number of carbonyl (C=O) groups excluding carboxylic acids is 1. The molecule has 2 saturated heterocycles. The molecule has 2 fully saturated rings. The molecule has 1 amide bonds. The highest BCUT2D eigenvalue weighted by Crippen LogP contribution is 2.41. The number of unbranched alkanes of at least 4 members (excludes halogenated alkanes) is 1. The van der Waals surface area contributed by atoms with Crippen molar-refractivity contribution < 1.29 is 14.1 Å². The van der Waals surface area contributed by atoms with Gasteiger partial charge in [0.2, 0.25) is 5.91 Å². The van der Waals surface area contributed by atoms with Gasteiger partial charge in [-0.25, -0.2) is 4.68 Å². The smallest absolute Gasteiger partial charge is 0.403 e. The van der Waals surface area contributed by atoms with E-state index >= 15 is 0 Å². The molecule has 2 aliphatic rings. The summed E-state index contributed by atoms with van der Waals surface area (Å²) in [5, 5.41) is 17.4. The minimum absolute atomic E-state index is 0.0212. The van der Waals surface area contributed by atoms with Crippen LogP contribution in [-0.4, -0.2) is 80.4 Å². The molecule has 5 aromatic rings. The number of hydrogen-bond donors (Lipinski definition) is 1. The monoisotopic (exact) mass is 739 g/mol. The van der Waals surface area contributed by atoms with E-state index in [4.69, 9.17) is 9.31 Å². The number of piperazine rings is 1. The summed E-state index contributed by atoms with van der Waals surface area (Å²) in [5.74, 6) is 0.659. The molecule has 1 unspecified atom stereocenters. The first kappa shape index (κ1) is 38.6. The lowest BCUT2D eigenvalue weighted by Crippen LogP contribution is -2.49. The Morgan fingerprint density at radius 1 is 0.745 bits per heavy atom. The minimum atomic E-state index is -0.754. The maximum Gasteiger partial charge on any atom is 0.457 e. The van der Waals surface area contributed by atoms with Crippen LogP contribution in [0.3, 0.4) is 0 Å². The van der Waals surface area contributed by atoms with Crippen LogP contribution >= 0.6 is 0 Å². The van der Waals surface area contributed by atoms with Crippen molar-refractivity contribution in [3.63, 3.8) is 0 Å². The van der Waals surface area contributed by atoms with Crippen molar-refractivity contribution in [1.29, 1.82) is 0 Å². The summed E-state index contributed by atoms with van der Waals surface area (Å²) in [7, 11) is -0.260. The third kappa shape index (κ3) is 8.76. The zero-order valence-electron chi connectivity index (χ0n) is 32.7. The third-order valence-electron chi connectivity index (χ3n) is 11.6. The van der Waals surface area contributed by atoms with Crippen LogP contribution in [0.25, 0.3) is 0 Å². The molecule has 1 atom stereocenters. The predicted octanol–water partition coefficient (Wildman–Crippen LogP) is 6.90. The quantitative estimate of drug-likeness (QED) is 0.0704. The normalized spacial score (nSPS) is 17.7. The Bertz CT molecular complexity index is 1840. The van der Waals surface area contributed by atoms with Crippen molar-refractivity contribution in [2.24, 2.45) is 0 Å². The summed E-state index contributed by atoms with van der Waals surface area (Å²) >= 11 is 0. The molecular formula is C44H54BN7O3. The van der Waals surface area contributed by atoms with Crippen molar-refractivity contribution in [2.45, 2.75) is 89.1 Å². The predicted molar refractivity (Wildman–Crippen MR) is 216 cm³/mol. The van der Waals surface area contributed by atoms with Gasteiger partial charge < -0.3 is 14.2 Å². The lowest BCUT2D eigenvalue weighted by molar-refractivity contribution is -0.134. The van der Waals surface area contributed by atoms with E-state index in [2.05, 4.69) is 150 Å². The summed E-state index contributed by atoms with van der Waals surface area (Å²) < 4.78 is 14.4. The fraction of sp³-hybridized carbons (Fsp3) is 0.409. The Labute approximate surface area is 326 Å². The van der Waals surface area contributed by atoms with Gasteiger partial charge in [-0.2, -0.15) is 0 Å². The summed E-state index contributed by atoms with van der Waals surface area (Å²) in [6.45, 7) is 12.3. The van der Waals surface area contributed by atoms with Crippen LogP contribution in [0.1, 0.15) is 81.1 Å². The molecule has 55 heavy (non-hydrogen) atoms. The third-order valence-corrected chi connectivity index (χ3v) is 11.6. The lowest BCUT2D eigenvalue weighted by Gasteiger charge is -2.40. The van der Waals surface area contributed by atoms with Gasteiger partial charge in [-0.3, -0.25) is 15.0 Å². The van der Waals surface area contributed by atoms with Gasteiger partial charge in [0, 0.05) is 32.7 Å². The highest BCUT2D eigenvalue weighted by molar-refractivity contribution is 6.45. The maximum atomic E-state index is 13.9. The Kier molecular flexibility index (Phi) is 11.9. The highest BCUT2D eigenvalue weighted by atomic mass is 16.7. The molecule has 7 rings (SSSR count). The van der Waals surface area contributed by atoms with Gasteiger partial charge in [-0.15, -0.1) is 5.10 Å².